The molecule has 0 aliphatic carbocycles. The van der Waals surface area contributed by atoms with Crippen molar-refractivity contribution in [3.63, 3.8) is 0 Å². The van der Waals surface area contributed by atoms with Gasteiger partial charge in [-0.25, -0.2) is 4.79 Å². The van der Waals surface area contributed by atoms with Crippen molar-refractivity contribution in [1.82, 2.24) is 15.1 Å². The van der Waals surface area contributed by atoms with E-state index >= 15 is 0 Å². The smallest absolute Gasteiger partial charge is 0.407 e. The summed E-state index contributed by atoms with van der Waals surface area (Å²) < 4.78 is 5.35. The van der Waals surface area contributed by atoms with Gasteiger partial charge in [0.05, 0.1) is 6.54 Å². The van der Waals surface area contributed by atoms with Gasteiger partial charge in [-0.2, -0.15) is 0 Å². The zero-order chi connectivity index (χ0) is 22.4. The van der Waals surface area contributed by atoms with Gasteiger partial charge in [-0.15, -0.1) is 0 Å². The number of likely N-dealkylation sites (tertiary alicyclic amines) is 1. The van der Waals surface area contributed by atoms with Crippen LogP contribution in [0.4, 0.5) is 10.5 Å². The molecule has 2 aliphatic rings. The number of carbonyl (C=O) groups is 2. The molecule has 2 saturated heterocycles. The molecule has 0 saturated carbocycles. The molecule has 31 heavy (non-hydrogen) atoms. The number of piperidine rings is 1. The number of aryl methyl sites for hydroxylation is 1. The summed E-state index contributed by atoms with van der Waals surface area (Å²) in [6, 6.07) is 8.72. The minimum atomic E-state index is -0.507. The Bertz CT molecular complexity index is 753. The summed E-state index contributed by atoms with van der Waals surface area (Å²) in [5.74, 6) is 0.188. The van der Waals surface area contributed by atoms with Gasteiger partial charge in [-0.05, 0) is 64.8 Å². The van der Waals surface area contributed by atoms with E-state index in [2.05, 4.69) is 46.3 Å². The van der Waals surface area contributed by atoms with Crippen molar-refractivity contribution in [3.8, 4) is 0 Å². The number of rotatable bonds is 5. The second kappa shape index (κ2) is 10.4. The lowest BCUT2D eigenvalue weighted by Crippen LogP contribution is -2.54. The first kappa shape index (κ1) is 23.4. The molecule has 0 aromatic heterocycles. The third-order valence-corrected chi connectivity index (χ3v) is 5.97. The van der Waals surface area contributed by atoms with Gasteiger partial charge in [0.25, 0.3) is 0 Å². The number of carbonyl (C=O) groups excluding carboxylic acids is 2. The number of hydrogen-bond donors (Lipinski definition) is 1. The number of alkyl carbamates (subject to hydrolysis) is 1. The Morgan fingerprint density at radius 2 is 1.84 bits per heavy atom. The van der Waals surface area contributed by atoms with E-state index in [4.69, 9.17) is 4.74 Å². The fourth-order valence-electron chi connectivity index (χ4n) is 4.33. The lowest BCUT2D eigenvalue weighted by Gasteiger charge is -2.39. The maximum Gasteiger partial charge on any atom is 0.407 e. The topological polar surface area (TPSA) is 65.1 Å². The molecule has 0 radical (unpaired) electrons. The Morgan fingerprint density at radius 3 is 2.52 bits per heavy atom. The zero-order valence-electron chi connectivity index (χ0n) is 19.5. The molecule has 1 unspecified atom stereocenters. The molecule has 2 fully saturated rings. The highest BCUT2D eigenvalue weighted by molar-refractivity contribution is 5.78. The molecule has 1 aromatic carbocycles. The summed E-state index contributed by atoms with van der Waals surface area (Å²) in [5, 5.41) is 2.89. The summed E-state index contributed by atoms with van der Waals surface area (Å²) in [6.45, 7) is 12.7. The Labute approximate surface area is 186 Å². The van der Waals surface area contributed by atoms with Gasteiger partial charge in [0.1, 0.15) is 5.60 Å². The number of nitrogens with zero attached hydrogens (tertiary/aromatic N) is 3. The molecule has 2 amide bonds. The van der Waals surface area contributed by atoms with Crippen molar-refractivity contribution >= 4 is 17.7 Å². The van der Waals surface area contributed by atoms with Crippen LogP contribution in [0.1, 0.15) is 45.6 Å². The third kappa shape index (κ3) is 7.13. The fraction of sp³-hybridized carbons (Fsp3) is 0.667. The predicted octanol–water partition coefficient (Wildman–Crippen LogP) is 3.02. The third-order valence-electron chi connectivity index (χ3n) is 5.97. The molecular formula is C24H38N4O3. The van der Waals surface area contributed by atoms with E-state index in [0.717, 1.165) is 52.0 Å². The van der Waals surface area contributed by atoms with Crippen molar-refractivity contribution in [1.29, 1.82) is 0 Å². The number of hydrogen-bond acceptors (Lipinski definition) is 5. The van der Waals surface area contributed by atoms with Crippen LogP contribution in [0.3, 0.4) is 0 Å². The van der Waals surface area contributed by atoms with Crippen molar-refractivity contribution in [2.45, 2.75) is 58.6 Å². The van der Waals surface area contributed by atoms with Crippen LogP contribution in [0.15, 0.2) is 24.3 Å². The number of amides is 2. The molecule has 2 heterocycles. The van der Waals surface area contributed by atoms with Crippen molar-refractivity contribution in [3.05, 3.63) is 29.8 Å². The number of ether oxygens (including phenoxy) is 1. The van der Waals surface area contributed by atoms with Gasteiger partial charge in [0.2, 0.25) is 5.91 Å². The number of piperazine rings is 1. The first-order valence-corrected chi connectivity index (χ1v) is 11.5. The van der Waals surface area contributed by atoms with Gasteiger partial charge in [-0.3, -0.25) is 9.69 Å². The summed E-state index contributed by atoms with van der Waals surface area (Å²) >= 11 is 0. The van der Waals surface area contributed by atoms with Crippen LogP contribution in [0.25, 0.3) is 0 Å². The molecular weight excluding hydrogens is 392 g/mol. The number of anilines is 1. The molecule has 7 heteroatoms. The lowest BCUT2D eigenvalue weighted by molar-refractivity contribution is -0.133. The Hall–Kier alpha value is -2.28. The Balaban J connectivity index is 1.47. The van der Waals surface area contributed by atoms with Crippen LogP contribution in [-0.4, -0.2) is 79.3 Å². The van der Waals surface area contributed by atoms with Crippen LogP contribution in [0, 0.1) is 6.92 Å². The van der Waals surface area contributed by atoms with Crippen molar-refractivity contribution < 1.29 is 14.3 Å². The molecule has 172 valence electrons. The average molecular weight is 431 g/mol. The normalized spacial score (nSPS) is 20.5. The fourth-order valence-corrected chi connectivity index (χ4v) is 4.33. The molecule has 0 spiro atoms. The largest absolute Gasteiger partial charge is 0.444 e. The first-order valence-electron chi connectivity index (χ1n) is 11.5. The lowest BCUT2D eigenvalue weighted by atomic mass is 10.0. The van der Waals surface area contributed by atoms with Gasteiger partial charge < -0.3 is 19.9 Å². The van der Waals surface area contributed by atoms with Crippen LogP contribution < -0.4 is 10.2 Å². The summed E-state index contributed by atoms with van der Waals surface area (Å²) in [5.41, 5.74) is 1.98. The molecule has 7 nitrogen and oxygen atoms in total. The second-order valence-electron chi connectivity index (χ2n) is 9.71. The highest BCUT2D eigenvalue weighted by Crippen LogP contribution is 2.20. The molecule has 0 bridgehead atoms. The van der Waals surface area contributed by atoms with Crippen LogP contribution in [0.2, 0.25) is 0 Å². The zero-order valence-corrected chi connectivity index (χ0v) is 19.5. The summed E-state index contributed by atoms with van der Waals surface area (Å²) in [7, 11) is 0. The van der Waals surface area contributed by atoms with E-state index in [1.807, 2.05) is 25.7 Å². The molecule has 1 aromatic rings. The van der Waals surface area contributed by atoms with Crippen LogP contribution >= 0.6 is 0 Å². The Morgan fingerprint density at radius 1 is 1.10 bits per heavy atom. The monoisotopic (exact) mass is 430 g/mol. The predicted molar refractivity (Wildman–Crippen MR) is 123 cm³/mol. The maximum absolute atomic E-state index is 13.0. The minimum Gasteiger partial charge on any atom is -0.444 e. The minimum absolute atomic E-state index is 0.179. The van der Waals surface area contributed by atoms with E-state index in [9.17, 15) is 9.59 Å². The number of nitrogens with one attached hydrogen (secondary N) is 1. The number of benzene rings is 1. The van der Waals surface area contributed by atoms with E-state index in [0.29, 0.717) is 13.1 Å². The summed E-state index contributed by atoms with van der Waals surface area (Å²) in [6.07, 6.45) is 2.82. The molecule has 2 aliphatic heterocycles. The van der Waals surface area contributed by atoms with E-state index < -0.39 is 11.7 Å². The van der Waals surface area contributed by atoms with Crippen molar-refractivity contribution in [2.24, 2.45) is 0 Å². The van der Waals surface area contributed by atoms with Crippen LogP contribution in [0.5, 0.6) is 0 Å². The molecule has 3 rings (SSSR count). The summed E-state index contributed by atoms with van der Waals surface area (Å²) in [4.78, 5) is 31.6. The van der Waals surface area contributed by atoms with Crippen LogP contribution in [-0.2, 0) is 9.53 Å². The van der Waals surface area contributed by atoms with E-state index in [1.165, 1.54) is 11.3 Å². The SMILES string of the molecule is Cc1cccc(N2CCN(C(=O)CN3CCCCC3CNC(=O)OC(C)(C)C)CC2)c1. The van der Waals surface area contributed by atoms with E-state index in [-0.39, 0.29) is 11.9 Å². The highest BCUT2D eigenvalue weighted by Gasteiger charge is 2.28. The van der Waals surface area contributed by atoms with Gasteiger partial charge in [0, 0.05) is 44.5 Å². The molecule has 1 N–H and O–H groups in total. The first-order chi connectivity index (χ1) is 14.7. The van der Waals surface area contributed by atoms with Gasteiger partial charge >= 0.3 is 6.09 Å². The van der Waals surface area contributed by atoms with E-state index in [1.54, 1.807) is 0 Å². The quantitative estimate of drug-likeness (QED) is 0.778. The Kier molecular flexibility index (Phi) is 7.81. The van der Waals surface area contributed by atoms with Gasteiger partial charge in [-0.1, -0.05) is 18.6 Å². The maximum atomic E-state index is 13.0. The highest BCUT2D eigenvalue weighted by atomic mass is 16.6. The second-order valence-corrected chi connectivity index (χ2v) is 9.71. The average Bonchev–Trinajstić information content (AvgIpc) is 2.72. The molecule has 1 atom stereocenters. The van der Waals surface area contributed by atoms with Crippen molar-refractivity contribution in [2.75, 3.05) is 50.7 Å². The van der Waals surface area contributed by atoms with Gasteiger partial charge in [0.15, 0.2) is 0 Å². The standard InChI is InChI=1S/C24H38N4O3/c1-19-8-7-10-20(16-19)26-12-14-27(15-13-26)22(29)18-28-11-6-5-9-21(28)17-25-23(30)31-24(2,3)4/h7-8,10,16,21H,5-6,9,11-15,17-18H2,1-4H3,(H,25,30).